The molecule has 3 unspecified atom stereocenters. The molecule has 6 nitrogen and oxygen atoms in total. The van der Waals surface area contributed by atoms with Crippen LogP contribution in [0.15, 0.2) is 4.52 Å². The first-order chi connectivity index (χ1) is 13.0. The summed E-state index contributed by atoms with van der Waals surface area (Å²) >= 11 is 0. The SMILES string of the molecule is CCCC(C)CCCCC(CCC(C)CCC)C(=O)NNc1nc(C)no1. The number of amides is 1. The highest BCUT2D eigenvalue weighted by molar-refractivity contribution is 5.79. The Morgan fingerprint density at radius 2 is 1.59 bits per heavy atom. The summed E-state index contributed by atoms with van der Waals surface area (Å²) in [4.78, 5) is 16.7. The third kappa shape index (κ3) is 10.4. The van der Waals surface area contributed by atoms with E-state index in [2.05, 4.69) is 48.7 Å². The first-order valence-electron chi connectivity index (χ1n) is 10.8. The van der Waals surface area contributed by atoms with Crippen LogP contribution < -0.4 is 10.9 Å². The second kappa shape index (κ2) is 13.6. The molecule has 6 heteroatoms. The summed E-state index contributed by atoms with van der Waals surface area (Å²) in [6.07, 6.45) is 11.5. The number of aryl methyl sites for hydroxylation is 1. The number of nitrogens with zero attached hydrogens (tertiary/aromatic N) is 2. The lowest BCUT2D eigenvalue weighted by Crippen LogP contribution is -2.35. The first-order valence-corrected chi connectivity index (χ1v) is 10.8. The van der Waals surface area contributed by atoms with Crippen molar-refractivity contribution in [2.75, 3.05) is 5.43 Å². The molecule has 0 aliphatic carbocycles. The van der Waals surface area contributed by atoms with Crippen molar-refractivity contribution >= 4 is 11.9 Å². The van der Waals surface area contributed by atoms with Crippen molar-refractivity contribution in [3.63, 3.8) is 0 Å². The van der Waals surface area contributed by atoms with Gasteiger partial charge in [0.25, 0.3) is 0 Å². The normalized spacial score (nSPS) is 14.6. The van der Waals surface area contributed by atoms with E-state index < -0.39 is 0 Å². The number of unbranched alkanes of at least 4 members (excludes halogenated alkanes) is 1. The van der Waals surface area contributed by atoms with Gasteiger partial charge < -0.3 is 4.52 Å². The zero-order valence-electron chi connectivity index (χ0n) is 18.0. The predicted octanol–water partition coefficient (Wildman–Crippen LogP) is 5.65. The van der Waals surface area contributed by atoms with Gasteiger partial charge in [0, 0.05) is 5.92 Å². The van der Waals surface area contributed by atoms with Gasteiger partial charge in [-0.15, -0.1) is 0 Å². The Hall–Kier alpha value is -1.59. The summed E-state index contributed by atoms with van der Waals surface area (Å²) in [5, 5.41) is 3.71. The van der Waals surface area contributed by atoms with Gasteiger partial charge in [-0.25, -0.2) is 5.43 Å². The minimum atomic E-state index is 0.0242. The van der Waals surface area contributed by atoms with Crippen molar-refractivity contribution in [1.29, 1.82) is 0 Å². The first kappa shape index (κ1) is 23.4. The lowest BCUT2D eigenvalue weighted by atomic mass is 9.89. The van der Waals surface area contributed by atoms with Crippen molar-refractivity contribution in [3.05, 3.63) is 5.82 Å². The summed E-state index contributed by atoms with van der Waals surface area (Å²) in [6.45, 7) is 10.8. The van der Waals surface area contributed by atoms with Crippen LogP contribution in [0.1, 0.15) is 97.7 Å². The number of hydrogen-bond acceptors (Lipinski definition) is 5. The Labute approximate surface area is 165 Å². The number of carbonyl (C=O) groups excluding carboxylic acids is 1. The molecule has 0 saturated heterocycles. The molecule has 0 aliphatic heterocycles. The van der Waals surface area contributed by atoms with Gasteiger partial charge in [-0.3, -0.25) is 10.2 Å². The van der Waals surface area contributed by atoms with Crippen LogP contribution in [0, 0.1) is 24.7 Å². The maximum atomic E-state index is 12.7. The van der Waals surface area contributed by atoms with Gasteiger partial charge in [0.15, 0.2) is 5.82 Å². The number of hydrogen-bond donors (Lipinski definition) is 2. The molecular weight excluding hydrogens is 340 g/mol. The Kier molecular flexibility index (Phi) is 11.8. The molecule has 156 valence electrons. The highest BCUT2D eigenvalue weighted by Gasteiger charge is 2.20. The van der Waals surface area contributed by atoms with E-state index in [1.54, 1.807) is 6.92 Å². The van der Waals surface area contributed by atoms with Crippen molar-refractivity contribution in [2.24, 2.45) is 17.8 Å². The molecule has 0 aliphatic rings. The molecule has 0 radical (unpaired) electrons. The van der Waals surface area contributed by atoms with Crippen molar-refractivity contribution < 1.29 is 9.32 Å². The molecule has 0 fully saturated rings. The highest BCUT2D eigenvalue weighted by atomic mass is 16.5. The Morgan fingerprint density at radius 1 is 0.963 bits per heavy atom. The number of rotatable bonds is 15. The minimum Gasteiger partial charge on any atom is -0.314 e. The van der Waals surface area contributed by atoms with Crippen molar-refractivity contribution in [2.45, 2.75) is 98.8 Å². The van der Waals surface area contributed by atoms with Gasteiger partial charge in [0.2, 0.25) is 5.91 Å². The molecule has 3 atom stereocenters. The van der Waals surface area contributed by atoms with Gasteiger partial charge in [0.05, 0.1) is 0 Å². The fourth-order valence-corrected chi connectivity index (χ4v) is 3.62. The third-order valence-corrected chi connectivity index (χ3v) is 5.26. The second-order valence-corrected chi connectivity index (χ2v) is 8.11. The van der Waals surface area contributed by atoms with E-state index >= 15 is 0 Å². The minimum absolute atomic E-state index is 0.0242. The fraction of sp³-hybridized carbons (Fsp3) is 0.857. The average Bonchev–Trinajstić information content (AvgIpc) is 3.05. The van der Waals surface area contributed by atoms with E-state index in [9.17, 15) is 4.79 Å². The highest BCUT2D eigenvalue weighted by Crippen LogP contribution is 2.23. The van der Waals surface area contributed by atoms with Crippen LogP contribution in [0.5, 0.6) is 0 Å². The average molecular weight is 381 g/mol. The maximum absolute atomic E-state index is 12.7. The molecule has 0 saturated carbocycles. The quantitative estimate of drug-likeness (QED) is 0.303. The molecule has 27 heavy (non-hydrogen) atoms. The maximum Gasteiger partial charge on any atom is 0.340 e. The zero-order chi connectivity index (χ0) is 20.1. The molecule has 1 amide bonds. The molecule has 1 aromatic rings. The Morgan fingerprint density at radius 3 is 2.19 bits per heavy atom. The van der Waals surface area contributed by atoms with Crippen LogP contribution in [0.4, 0.5) is 6.01 Å². The topological polar surface area (TPSA) is 80.0 Å². The Bertz CT molecular complexity index is 518. The summed E-state index contributed by atoms with van der Waals surface area (Å²) in [7, 11) is 0. The molecule has 0 aromatic carbocycles. The number of aromatic nitrogens is 2. The van der Waals surface area contributed by atoms with E-state index in [0.29, 0.717) is 11.7 Å². The lowest BCUT2D eigenvalue weighted by molar-refractivity contribution is -0.125. The summed E-state index contributed by atoms with van der Waals surface area (Å²) in [6, 6.07) is 0.229. The third-order valence-electron chi connectivity index (χ3n) is 5.26. The molecule has 0 bridgehead atoms. The summed E-state index contributed by atoms with van der Waals surface area (Å²) in [5.74, 6) is 2.05. The van der Waals surface area contributed by atoms with E-state index in [1.165, 1.54) is 38.5 Å². The van der Waals surface area contributed by atoms with Crippen LogP contribution in [0.2, 0.25) is 0 Å². The van der Waals surface area contributed by atoms with Crippen molar-refractivity contribution in [3.8, 4) is 0 Å². The molecule has 2 N–H and O–H groups in total. The van der Waals surface area contributed by atoms with Crippen LogP contribution in [0.3, 0.4) is 0 Å². The van der Waals surface area contributed by atoms with Crippen LogP contribution in [-0.4, -0.2) is 16.0 Å². The van der Waals surface area contributed by atoms with Gasteiger partial charge in [-0.2, -0.15) is 4.98 Å². The standard InChI is InChI=1S/C21H40N4O2/c1-6-10-16(3)12-8-9-13-19(15-14-17(4)11-7-2)20(26)23-24-21-22-18(5)25-27-21/h16-17,19H,6-15H2,1-5H3,(H,23,26)(H,22,24,25). The number of hydrazine groups is 1. The van der Waals surface area contributed by atoms with Gasteiger partial charge in [-0.05, 0) is 38.0 Å². The molecule has 0 spiro atoms. The van der Waals surface area contributed by atoms with E-state index in [-0.39, 0.29) is 17.8 Å². The molecular formula is C21H40N4O2. The number of nitrogens with one attached hydrogen (secondary N) is 2. The molecule has 1 rings (SSSR count). The van der Waals surface area contributed by atoms with Crippen LogP contribution >= 0.6 is 0 Å². The van der Waals surface area contributed by atoms with E-state index in [1.807, 2.05) is 0 Å². The Balaban J connectivity index is 2.45. The smallest absolute Gasteiger partial charge is 0.314 e. The number of carbonyl (C=O) groups is 1. The van der Waals surface area contributed by atoms with E-state index in [0.717, 1.165) is 31.6 Å². The van der Waals surface area contributed by atoms with E-state index in [4.69, 9.17) is 4.52 Å². The zero-order valence-corrected chi connectivity index (χ0v) is 18.0. The van der Waals surface area contributed by atoms with Gasteiger partial charge in [-0.1, -0.05) is 77.8 Å². The monoisotopic (exact) mass is 380 g/mol. The predicted molar refractivity (Wildman–Crippen MR) is 110 cm³/mol. The molecule has 1 aromatic heterocycles. The largest absolute Gasteiger partial charge is 0.340 e. The van der Waals surface area contributed by atoms with Crippen LogP contribution in [-0.2, 0) is 4.79 Å². The summed E-state index contributed by atoms with van der Waals surface area (Å²) in [5.41, 5.74) is 5.50. The second-order valence-electron chi connectivity index (χ2n) is 8.11. The van der Waals surface area contributed by atoms with Gasteiger partial charge >= 0.3 is 6.01 Å². The summed E-state index contributed by atoms with van der Waals surface area (Å²) < 4.78 is 4.99. The lowest BCUT2D eigenvalue weighted by Gasteiger charge is -2.19. The fourth-order valence-electron chi connectivity index (χ4n) is 3.62. The van der Waals surface area contributed by atoms with Gasteiger partial charge in [0.1, 0.15) is 0 Å². The van der Waals surface area contributed by atoms with Crippen LogP contribution in [0.25, 0.3) is 0 Å². The van der Waals surface area contributed by atoms with Crippen molar-refractivity contribution in [1.82, 2.24) is 15.6 Å². The number of anilines is 1. The molecule has 1 heterocycles.